The minimum atomic E-state index is -0.183. The molecule has 28 heavy (non-hydrogen) atoms. The number of benzene rings is 2. The van der Waals surface area contributed by atoms with Gasteiger partial charge >= 0.3 is 0 Å². The zero-order valence-corrected chi connectivity index (χ0v) is 16.6. The third kappa shape index (κ3) is 4.88. The van der Waals surface area contributed by atoms with Crippen molar-refractivity contribution >= 4 is 28.7 Å². The lowest BCUT2D eigenvalue weighted by atomic mass is 10.2. The number of pyridine rings is 1. The van der Waals surface area contributed by atoms with E-state index < -0.39 is 0 Å². The van der Waals surface area contributed by atoms with Crippen LogP contribution in [-0.4, -0.2) is 24.0 Å². The fourth-order valence-electron chi connectivity index (χ4n) is 2.98. The summed E-state index contributed by atoms with van der Waals surface area (Å²) in [5.41, 5.74) is 5.34. The molecule has 0 aliphatic carbocycles. The fraction of sp³-hybridized carbons (Fsp3) is 0.217. The van der Waals surface area contributed by atoms with Gasteiger partial charge in [-0.15, -0.1) is 0 Å². The van der Waals surface area contributed by atoms with E-state index in [0.717, 1.165) is 35.7 Å². The highest BCUT2D eigenvalue weighted by Crippen LogP contribution is 2.21. The van der Waals surface area contributed by atoms with E-state index >= 15 is 0 Å². The molecule has 5 heteroatoms. The quantitative estimate of drug-likeness (QED) is 0.594. The summed E-state index contributed by atoms with van der Waals surface area (Å²) in [5.74, 6) is -0.183. The Bertz CT molecular complexity index is 916. The van der Waals surface area contributed by atoms with Crippen molar-refractivity contribution in [2.45, 2.75) is 20.8 Å². The number of rotatable bonds is 7. The van der Waals surface area contributed by atoms with Gasteiger partial charge in [-0.25, -0.2) is 0 Å². The first-order valence-electron chi connectivity index (χ1n) is 9.54. The summed E-state index contributed by atoms with van der Waals surface area (Å²) < 4.78 is 0. The van der Waals surface area contributed by atoms with Crippen LogP contribution in [0.5, 0.6) is 0 Å². The molecule has 1 heterocycles. The Morgan fingerprint density at radius 2 is 1.54 bits per heavy atom. The number of nitrogens with zero attached hydrogens (tertiary/aromatic N) is 2. The number of aromatic nitrogens is 1. The number of hydrogen-bond acceptors (Lipinski definition) is 4. The average molecular weight is 374 g/mol. The van der Waals surface area contributed by atoms with Gasteiger partial charge in [0.1, 0.15) is 0 Å². The van der Waals surface area contributed by atoms with E-state index in [2.05, 4.69) is 46.5 Å². The molecule has 1 amide bonds. The molecule has 2 aromatic carbocycles. The predicted molar refractivity (Wildman–Crippen MR) is 117 cm³/mol. The van der Waals surface area contributed by atoms with Crippen LogP contribution in [0.4, 0.5) is 22.7 Å². The van der Waals surface area contributed by atoms with Crippen LogP contribution in [0.15, 0.2) is 67.0 Å². The van der Waals surface area contributed by atoms with Crippen LogP contribution in [-0.2, 0) is 0 Å². The highest BCUT2D eigenvalue weighted by Gasteiger charge is 2.08. The van der Waals surface area contributed by atoms with Crippen molar-refractivity contribution < 1.29 is 4.79 Å². The molecule has 3 aromatic rings. The van der Waals surface area contributed by atoms with Crippen LogP contribution < -0.4 is 15.5 Å². The van der Waals surface area contributed by atoms with Crippen LogP contribution in [0.2, 0.25) is 0 Å². The van der Waals surface area contributed by atoms with Gasteiger partial charge in [0, 0.05) is 36.3 Å². The third-order valence-corrected chi connectivity index (χ3v) is 4.59. The van der Waals surface area contributed by atoms with Crippen molar-refractivity contribution in [2.24, 2.45) is 0 Å². The summed E-state index contributed by atoms with van der Waals surface area (Å²) in [6.07, 6.45) is 3.28. The first-order chi connectivity index (χ1) is 13.6. The van der Waals surface area contributed by atoms with Crippen molar-refractivity contribution in [3.8, 4) is 0 Å². The molecule has 0 aliphatic rings. The normalized spacial score (nSPS) is 10.4. The van der Waals surface area contributed by atoms with E-state index in [1.807, 2.05) is 43.3 Å². The van der Waals surface area contributed by atoms with Gasteiger partial charge in [-0.3, -0.25) is 9.78 Å². The number of aryl methyl sites for hydroxylation is 1. The van der Waals surface area contributed by atoms with Gasteiger partial charge in [0.25, 0.3) is 5.91 Å². The molecule has 0 atom stereocenters. The first kappa shape index (κ1) is 19.4. The molecular formula is C23H26N4O. The van der Waals surface area contributed by atoms with Gasteiger partial charge in [0.05, 0.1) is 17.4 Å². The Hall–Kier alpha value is -3.34. The summed E-state index contributed by atoms with van der Waals surface area (Å²) in [6.45, 7) is 8.26. The Kier molecular flexibility index (Phi) is 6.27. The maximum Gasteiger partial charge on any atom is 0.257 e. The van der Waals surface area contributed by atoms with Gasteiger partial charge in [-0.1, -0.05) is 17.7 Å². The number of carbonyl (C=O) groups is 1. The summed E-state index contributed by atoms with van der Waals surface area (Å²) in [5, 5.41) is 6.21. The Labute approximate surface area is 166 Å². The van der Waals surface area contributed by atoms with Crippen LogP contribution in [0.25, 0.3) is 0 Å². The maximum absolute atomic E-state index is 12.5. The molecule has 0 saturated carbocycles. The predicted octanol–water partition coefficient (Wildman–Crippen LogP) is 5.23. The molecule has 0 fully saturated rings. The van der Waals surface area contributed by atoms with Crippen molar-refractivity contribution in [1.82, 2.24) is 4.98 Å². The van der Waals surface area contributed by atoms with E-state index in [-0.39, 0.29) is 5.91 Å². The zero-order chi connectivity index (χ0) is 19.9. The topological polar surface area (TPSA) is 57.3 Å². The van der Waals surface area contributed by atoms with Gasteiger partial charge in [-0.05, 0) is 63.2 Å². The SMILES string of the molecule is CCN(CC)c1ccc(Nc2cncc(C(=O)Nc3ccc(C)cc3)c2)cc1. The van der Waals surface area contributed by atoms with E-state index in [1.54, 1.807) is 18.5 Å². The molecule has 144 valence electrons. The number of carbonyl (C=O) groups excluding carboxylic acids is 1. The van der Waals surface area contributed by atoms with Crippen molar-refractivity contribution in [3.05, 3.63) is 78.1 Å². The minimum absolute atomic E-state index is 0.183. The van der Waals surface area contributed by atoms with Crippen LogP contribution >= 0.6 is 0 Å². The van der Waals surface area contributed by atoms with Gasteiger partial charge < -0.3 is 15.5 Å². The molecule has 0 radical (unpaired) electrons. The molecule has 0 unspecified atom stereocenters. The van der Waals surface area contributed by atoms with E-state index in [9.17, 15) is 4.79 Å². The number of anilines is 4. The molecule has 0 bridgehead atoms. The third-order valence-electron chi connectivity index (χ3n) is 4.59. The Balaban J connectivity index is 1.69. The Morgan fingerprint density at radius 1 is 0.893 bits per heavy atom. The van der Waals surface area contributed by atoms with Crippen molar-refractivity contribution in [2.75, 3.05) is 28.6 Å². The second-order valence-corrected chi connectivity index (χ2v) is 6.63. The fourth-order valence-corrected chi connectivity index (χ4v) is 2.98. The standard InChI is InChI=1S/C23H26N4O/c1-4-27(5-2)22-12-10-19(11-13-22)25-21-14-18(15-24-16-21)23(28)26-20-8-6-17(3)7-9-20/h6-16,25H,4-5H2,1-3H3,(H,26,28). The summed E-state index contributed by atoms with van der Waals surface area (Å²) >= 11 is 0. The largest absolute Gasteiger partial charge is 0.372 e. The molecule has 3 rings (SSSR count). The summed E-state index contributed by atoms with van der Waals surface area (Å²) in [4.78, 5) is 19.0. The highest BCUT2D eigenvalue weighted by atomic mass is 16.1. The van der Waals surface area contributed by atoms with Crippen molar-refractivity contribution in [1.29, 1.82) is 0 Å². The van der Waals surface area contributed by atoms with E-state index in [4.69, 9.17) is 0 Å². The second kappa shape index (κ2) is 9.04. The highest BCUT2D eigenvalue weighted by molar-refractivity contribution is 6.04. The van der Waals surface area contributed by atoms with E-state index in [1.165, 1.54) is 5.69 Å². The minimum Gasteiger partial charge on any atom is -0.372 e. The van der Waals surface area contributed by atoms with Crippen LogP contribution in [0.1, 0.15) is 29.8 Å². The smallest absolute Gasteiger partial charge is 0.257 e. The lowest BCUT2D eigenvalue weighted by molar-refractivity contribution is 0.102. The lowest BCUT2D eigenvalue weighted by Crippen LogP contribution is -2.21. The Morgan fingerprint density at radius 3 is 2.18 bits per heavy atom. The van der Waals surface area contributed by atoms with Gasteiger partial charge in [0.2, 0.25) is 0 Å². The molecular weight excluding hydrogens is 348 g/mol. The lowest BCUT2D eigenvalue weighted by Gasteiger charge is -2.21. The van der Waals surface area contributed by atoms with Gasteiger partial charge in [0.15, 0.2) is 0 Å². The molecule has 0 aliphatic heterocycles. The van der Waals surface area contributed by atoms with Crippen molar-refractivity contribution in [3.63, 3.8) is 0 Å². The molecule has 0 spiro atoms. The first-order valence-corrected chi connectivity index (χ1v) is 9.54. The average Bonchev–Trinajstić information content (AvgIpc) is 2.72. The van der Waals surface area contributed by atoms with Crippen LogP contribution in [0, 0.1) is 6.92 Å². The zero-order valence-electron chi connectivity index (χ0n) is 16.6. The molecule has 2 N–H and O–H groups in total. The maximum atomic E-state index is 12.5. The van der Waals surface area contributed by atoms with E-state index in [0.29, 0.717) is 5.56 Å². The summed E-state index contributed by atoms with van der Waals surface area (Å²) in [7, 11) is 0. The number of hydrogen-bond donors (Lipinski definition) is 2. The summed E-state index contributed by atoms with van der Waals surface area (Å²) in [6, 6.07) is 17.8. The van der Waals surface area contributed by atoms with Gasteiger partial charge in [-0.2, -0.15) is 0 Å². The molecule has 1 aromatic heterocycles. The monoisotopic (exact) mass is 374 g/mol. The number of nitrogens with one attached hydrogen (secondary N) is 2. The number of amides is 1. The molecule has 5 nitrogen and oxygen atoms in total. The van der Waals surface area contributed by atoms with Crippen LogP contribution in [0.3, 0.4) is 0 Å². The molecule has 0 saturated heterocycles. The second-order valence-electron chi connectivity index (χ2n) is 6.63.